The summed E-state index contributed by atoms with van der Waals surface area (Å²) in [6, 6.07) is 6.64. The van der Waals surface area contributed by atoms with E-state index in [1.807, 2.05) is 0 Å². The van der Waals surface area contributed by atoms with Crippen LogP contribution in [0.1, 0.15) is 38.9 Å². The highest BCUT2D eigenvalue weighted by Crippen LogP contribution is 2.57. The summed E-state index contributed by atoms with van der Waals surface area (Å²) >= 11 is 0. The van der Waals surface area contributed by atoms with E-state index in [1.165, 1.54) is 27.4 Å². The predicted octanol–water partition coefficient (Wildman–Crippen LogP) is 6.75. The molecule has 0 radical (unpaired) electrons. The Kier molecular flexibility index (Phi) is 8.89. The van der Waals surface area contributed by atoms with Crippen LogP contribution in [0.25, 0.3) is 16.7 Å². The van der Waals surface area contributed by atoms with Gasteiger partial charge in [-0.2, -0.15) is 31.6 Å². The van der Waals surface area contributed by atoms with Crippen LogP contribution < -0.4 is 5.30 Å². The van der Waals surface area contributed by atoms with Crippen molar-refractivity contribution in [1.29, 1.82) is 31.6 Å². The van der Waals surface area contributed by atoms with Crippen LogP contribution in [0.4, 0.5) is 43.9 Å². The number of rotatable bonds is 3. The number of nitriles is 6. The molecule has 0 aliphatic heterocycles. The van der Waals surface area contributed by atoms with Crippen LogP contribution >= 0.6 is 9.24 Å². The monoisotopic (exact) mass is 682 g/mol. The van der Waals surface area contributed by atoms with Crippen molar-refractivity contribution in [3.05, 3.63) is 114 Å². The molecule has 48 heavy (non-hydrogen) atoms. The average molecular weight is 682 g/mol. The largest absolute Gasteiger partial charge is 0.206 e. The van der Waals surface area contributed by atoms with Gasteiger partial charge < -0.3 is 0 Å². The van der Waals surface area contributed by atoms with Crippen LogP contribution in [0.3, 0.4) is 0 Å². The van der Waals surface area contributed by atoms with E-state index in [9.17, 15) is 33.3 Å². The minimum atomic E-state index is -2.41. The standard InChI is InChI=1S/C31H5F10N6P/c1-8-9(2-42)22(33)26(37)18(21(8)32)10(3-43)15-16(11(4-44)19-27(38)23(34)13(6-46)24(35)28(19)39)17(15)12(5-45)20-29(40)25(36)14(7-47)31(48)30(20)41/h48H2,1H3/b15-10-,16-11?,17-12-. The molecule has 1 aliphatic rings. The molecule has 0 N–H and O–H groups in total. The summed E-state index contributed by atoms with van der Waals surface area (Å²) in [5.41, 5.74) is -18.3. The van der Waals surface area contributed by atoms with Crippen LogP contribution in [0, 0.1) is 133 Å². The predicted molar refractivity (Wildman–Crippen MR) is 145 cm³/mol. The van der Waals surface area contributed by atoms with E-state index in [2.05, 4.69) is 0 Å². The van der Waals surface area contributed by atoms with Crippen molar-refractivity contribution in [2.24, 2.45) is 0 Å². The average Bonchev–Trinajstić information content (AvgIpc) is 3.78. The zero-order valence-corrected chi connectivity index (χ0v) is 24.2. The van der Waals surface area contributed by atoms with E-state index in [1.54, 1.807) is 0 Å². The Morgan fingerprint density at radius 2 is 0.708 bits per heavy atom. The second-order valence-corrected chi connectivity index (χ2v) is 9.93. The van der Waals surface area contributed by atoms with Gasteiger partial charge in [0.2, 0.25) is 0 Å². The third-order valence-electron chi connectivity index (χ3n) is 7.03. The van der Waals surface area contributed by atoms with Crippen molar-refractivity contribution in [2.45, 2.75) is 6.92 Å². The Hall–Kier alpha value is -6.45. The number of hydrogen-bond donors (Lipinski definition) is 0. The SMILES string of the molecule is Cc1c(F)c(/C(C#N)=C2/C(=C(C#N)c3c(F)c(F)c(C#N)c(F)c3F)/C2=C(/C#N)c2c(F)c(F)c(C#N)c(P)c2F)c(F)c(F)c1C#N. The van der Waals surface area contributed by atoms with E-state index in [0.717, 1.165) is 25.1 Å². The van der Waals surface area contributed by atoms with Gasteiger partial charge in [-0.1, -0.05) is 0 Å². The van der Waals surface area contributed by atoms with Crippen molar-refractivity contribution in [2.75, 3.05) is 0 Å². The molecule has 1 unspecified atom stereocenters. The summed E-state index contributed by atoms with van der Waals surface area (Å²) in [4.78, 5) is 0. The lowest BCUT2D eigenvalue weighted by Crippen LogP contribution is -2.14. The first kappa shape index (κ1) is 34.4. The Balaban J connectivity index is 2.38. The fourth-order valence-corrected chi connectivity index (χ4v) is 5.07. The van der Waals surface area contributed by atoms with E-state index >= 15 is 26.3 Å². The molecule has 1 fully saturated rings. The highest BCUT2D eigenvalue weighted by atomic mass is 31.0. The summed E-state index contributed by atoms with van der Waals surface area (Å²) in [6.45, 7) is 0.763. The topological polar surface area (TPSA) is 143 Å². The van der Waals surface area contributed by atoms with Crippen LogP contribution in [-0.2, 0) is 0 Å². The molecule has 1 atom stereocenters. The molecule has 0 heterocycles. The first-order chi connectivity index (χ1) is 22.6. The number of halogens is 10. The van der Waals surface area contributed by atoms with Crippen molar-refractivity contribution in [1.82, 2.24) is 0 Å². The zero-order valence-electron chi connectivity index (χ0n) is 23.0. The van der Waals surface area contributed by atoms with E-state index in [-0.39, 0.29) is 0 Å². The van der Waals surface area contributed by atoms with E-state index in [0.29, 0.717) is 0 Å². The molecule has 0 spiro atoms. The fraction of sp³-hybridized carbons (Fsp3) is 0.0323. The number of nitrogens with zero attached hydrogens (tertiary/aromatic N) is 6. The van der Waals surface area contributed by atoms with Gasteiger partial charge in [0.1, 0.15) is 59.2 Å². The molecular weight excluding hydrogens is 677 g/mol. The Morgan fingerprint density at radius 1 is 0.417 bits per heavy atom. The quantitative estimate of drug-likeness (QED) is 0.130. The van der Waals surface area contributed by atoms with Gasteiger partial charge in [0.25, 0.3) is 0 Å². The number of allylic oxidation sites excluding steroid dienone is 6. The summed E-state index contributed by atoms with van der Waals surface area (Å²) in [7, 11) is 1.53. The Morgan fingerprint density at radius 3 is 1.04 bits per heavy atom. The number of benzene rings is 3. The molecule has 0 aromatic heterocycles. The highest BCUT2D eigenvalue weighted by molar-refractivity contribution is 7.27. The van der Waals surface area contributed by atoms with Crippen molar-refractivity contribution < 1.29 is 43.9 Å². The molecule has 1 saturated carbocycles. The molecule has 4 rings (SSSR count). The highest BCUT2D eigenvalue weighted by Gasteiger charge is 2.46. The lowest BCUT2D eigenvalue weighted by molar-refractivity contribution is 0.447. The molecule has 17 heteroatoms. The Labute approximate surface area is 264 Å². The molecule has 3 aromatic rings. The van der Waals surface area contributed by atoms with Gasteiger partial charge in [-0.05, 0) is 6.92 Å². The first-order valence-electron chi connectivity index (χ1n) is 12.3. The van der Waals surface area contributed by atoms with Gasteiger partial charge in [-0.25, -0.2) is 43.9 Å². The maximum absolute atomic E-state index is 15.5. The van der Waals surface area contributed by atoms with Crippen molar-refractivity contribution in [3.63, 3.8) is 0 Å². The molecular formula is C31H5F10N6P. The van der Waals surface area contributed by atoms with Gasteiger partial charge in [0, 0.05) is 27.6 Å². The van der Waals surface area contributed by atoms with Crippen LogP contribution in [0.5, 0.6) is 0 Å². The van der Waals surface area contributed by atoms with Gasteiger partial charge in [0.15, 0.2) is 46.5 Å². The second kappa shape index (κ2) is 12.4. The van der Waals surface area contributed by atoms with Crippen LogP contribution in [0.2, 0.25) is 0 Å². The number of hydrogen-bond acceptors (Lipinski definition) is 6. The molecule has 6 nitrogen and oxygen atoms in total. The summed E-state index contributed by atoms with van der Waals surface area (Å²) in [5.74, 6) is -21.7. The molecule has 0 saturated heterocycles. The van der Waals surface area contributed by atoms with E-state index in [4.69, 9.17) is 15.8 Å². The minimum absolute atomic E-state index is 0.763. The molecule has 0 amide bonds. The van der Waals surface area contributed by atoms with Gasteiger partial charge >= 0.3 is 0 Å². The molecule has 1 aliphatic carbocycles. The maximum Gasteiger partial charge on any atom is 0.180 e. The molecule has 0 bridgehead atoms. The minimum Gasteiger partial charge on any atom is -0.206 e. The Bertz CT molecular complexity index is 2070. The first-order valence-corrected chi connectivity index (χ1v) is 12.8. The van der Waals surface area contributed by atoms with Crippen molar-refractivity contribution >= 4 is 31.3 Å². The van der Waals surface area contributed by atoms with E-state index < -0.39 is 136 Å². The summed E-state index contributed by atoms with van der Waals surface area (Å²) < 4.78 is 150. The fourth-order valence-electron chi connectivity index (χ4n) is 4.73. The summed E-state index contributed by atoms with van der Waals surface area (Å²) in [5, 5.41) is 56.0. The van der Waals surface area contributed by atoms with Crippen LogP contribution in [0.15, 0.2) is 16.7 Å². The van der Waals surface area contributed by atoms with Gasteiger partial charge in [0.05, 0.1) is 39.0 Å². The van der Waals surface area contributed by atoms with Crippen LogP contribution in [-0.4, -0.2) is 0 Å². The van der Waals surface area contributed by atoms with Gasteiger partial charge in [-0.3, -0.25) is 0 Å². The zero-order chi connectivity index (χ0) is 36.1. The third kappa shape index (κ3) is 4.72. The maximum atomic E-state index is 15.5. The van der Waals surface area contributed by atoms with Crippen molar-refractivity contribution in [3.8, 4) is 36.4 Å². The smallest absolute Gasteiger partial charge is 0.180 e. The lowest BCUT2D eigenvalue weighted by Gasteiger charge is -2.10. The lowest BCUT2D eigenvalue weighted by atomic mass is 9.96. The van der Waals surface area contributed by atoms with Gasteiger partial charge in [-0.15, -0.1) is 9.24 Å². The normalized spacial score (nSPS) is 14.9. The third-order valence-corrected chi connectivity index (χ3v) is 7.58. The molecule has 234 valence electrons. The second-order valence-electron chi connectivity index (χ2n) is 9.35. The summed E-state index contributed by atoms with van der Waals surface area (Å²) in [6.07, 6.45) is 0. The molecule has 3 aromatic carbocycles.